The fraction of sp³-hybridized carbons (Fsp3) is 0.417. The molecule has 2 aromatic carbocycles. The van der Waals surface area contributed by atoms with Crippen molar-refractivity contribution in [1.29, 1.82) is 0 Å². The van der Waals surface area contributed by atoms with E-state index < -0.39 is 5.60 Å². The van der Waals surface area contributed by atoms with E-state index in [0.29, 0.717) is 0 Å². The molecule has 3 aliphatic carbocycles. The Morgan fingerprint density at radius 1 is 0.929 bits per heavy atom. The van der Waals surface area contributed by atoms with Crippen molar-refractivity contribution in [2.75, 3.05) is 13.6 Å². The summed E-state index contributed by atoms with van der Waals surface area (Å²) in [5.74, 6) is -0.151. The van der Waals surface area contributed by atoms with Crippen LogP contribution < -0.4 is 0 Å². The maximum absolute atomic E-state index is 12.0. The predicted molar refractivity (Wildman–Crippen MR) is 108 cm³/mol. The molecule has 0 saturated heterocycles. The summed E-state index contributed by atoms with van der Waals surface area (Å²) in [4.78, 5) is 25.4. The number of rotatable bonds is 5. The summed E-state index contributed by atoms with van der Waals surface area (Å²) in [6.07, 6.45) is 3.63. The first-order valence-electron chi connectivity index (χ1n) is 10.0. The molecule has 0 saturated carbocycles. The molecule has 1 amide bonds. The topological polar surface area (TPSA) is 46.6 Å². The maximum Gasteiger partial charge on any atom is 0.303 e. The zero-order valence-corrected chi connectivity index (χ0v) is 16.8. The molecule has 0 spiro atoms. The number of esters is 1. The van der Waals surface area contributed by atoms with Gasteiger partial charge in [0.1, 0.15) is 0 Å². The van der Waals surface area contributed by atoms with E-state index in [4.69, 9.17) is 4.74 Å². The summed E-state index contributed by atoms with van der Waals surface area (Å²) in [6, 6.07) is 16.8. The zero-order valence-electron chi connectivity index (χ0n) is 16.8. The highest BCUT2D eigenvalue weighted by Crippen LogP contribution is 2.61. The Hall–Kier alpha value is -2.62. The van der Waals surface area contributed by atoms with Gasteiger partial charge in [-0.1, -0.05) is 48.5 Å². The predicted octanol–water partition coefficient (Wildman–Crippen LogP) is 4.15. The second-order valence-corrected chi connectivity index (χ2v) is 8.14. The second kappa shape index (κ2) is 6.77. The van der Waals surface area contributed by atoms with Gasteiger partial charge in [-0.15, -0.1) is 0 Å². The molecule has 2 bridgehead atoms. The average molecular weight is 377 g/mol. The number of amides is 1. The smallest absolute Gasteiger partial charge is 0.303 e. The van der Waals surface area contributed by atoms with Crippen molar-refractivity contribution in [3.63, 3.8) is 0 Å². The maximum atomic E-state index is 12.0. The van der Waals surface area contributed by atoms with Crippen LogP contribution in [0.15, 0.2) is 48.5 Å². The van der Waals surface area contributed by atoms with Crippen LogP contribution in [0.2, 0.25) is 0 Å². The minimum absolute atomic E-state index is 0.0906. The lowest BCUT2D eigenvalue weighted by molar-refractivity contribution is -0.157. The van der Waals surface area contributed by atoms with Gasteiger partial charge in [-0.25, -0.2) is 0 Å². The van der Waals surface area contributed by atoms with Gasteiger partial charge in [-0.3, -0.25) is 9.59 Å². The van der Waals surface area contributed by atoms with Gasteiger partial charge in [-0.2, -0.15) is 0 Å². The molecule has 0 aromatic heterocycles. The number of fused-ring (bicyclic) bond motifs is 1. The molecular formula is C24H27NO3. The molecule has 146 valence electrons. The molecule has 28 heavy (non-hydrogen) atoms. The first-order chi connectivity index (χ1) is 13.4. The molecule has 0 N–H and O–H groups in total. The molecule has 3 aliphatic rings. The highest BCUT2D eigenvalue weighted by molar-refractivity contribution is 5.73. The fourth-order valence-corrected chi connectivity index (χ4v) is 5.30. The first kappa shape index (κ1) is 18.7. The monoisotopic (exact) mass is 377 g/mol. The van der Waals surface area contributed by atoms with Crippen LogP contribution in [-0.4, -0.2) is 30.4 Å². The summed E-state index contributed by atoms with van der Waals surface area (Å²) in [5, 5.41) is 0. The van der Waals surface area contributed by atoms with Crippen molar-refractivity contribution >= 4 is 11.9 Å². The number of ether oxygens (including phenoxy) is 1. The van der Waals surface area contributed by atoms with Crippen molar-refractivity contribution in [2.45, 2.75) is 50.5 Å². The van der Waals surface area contributed by atoms with Crippen molar-refractivity contribution in [3.8, 4) is 0 Å². The van der Waals surface area contributed by atoms with Crippen LogP contribution in [0.4, 0.5) is 0 Å². The largest absolute Gasteiger partial charge is 0.449 e. The minimum Gasteiger partial charge on any atom is -0.449 e. The number of carbonyl (C=O) groups excluding carboxylic acids is 2. The Balaban J connectivity index is 1.81. The van der Waals surface area contributed by atoms with Crippen molar-refractivity contribution < 1.29 is 14.3 Å². The average Bonchev–Trinajstić information content (AvgIpc) is 2.69. The fourth-order valence-electron chi connectivity index (χ4n) is 5.30. The van der Waals surface area contributed by atoms with E-state index in [1.807, 2.05) is 19.2 Å². The van der Waals surface area contributed by atoms with Crippen LogP contribution in [0, 0.1) is 0 Å². The van der Waals surface area contributed by atoms with Crippen molar-refractivity contribution in [1.82, 2.24) is 4.90 Å². The molecule has 0 fully saturated rings. The van der Waals surface area contributed by atoms with Crippen LogP contribution in [-0.2, 0) is 25.3 Å². The van der Waals surface area contributed by atoms with Crippen LogP contribution in [0.25, 0.3) is 0 Å². The van der Waals surface area contributed by atoms with Gasteiger partial charge < -0.3 is 9.64 Å². The second-order valence-electron chi connectivity index (χ2n) is 8.14. The number of benzene rings is 2. The molecular weight excluding hydrogens is 350 g/mol. The van der Waals surface area contributed by atoms with E-state index in [-0.39, 0.29) is 17.3 Å². The van der Waals surface area contributed by atoms with Crippen molar-refractivity contribution in [3.05, 3.63) is 70.8 Å². The lowest BCUT2D eigenvalue weighted by Crippen LogP contribution is -2.51. The highest BCUT2D eigenvalue weighted by Gasteiger charge is 2.57. The van der Waals surface area contributed by atoms with E-state index in [2.05, 4.69) is 36.4 Å². The molecule has 5 rings (SSSR count). The number of carbonyl (C=O) groups is 2. The summed E-state index contributed by atoms with van der Waals surface area (Å²) < 4.78 is 6.05. The summed E-state index contributed by atoms with van der Waals surface area (Å²) in [5.41, 5.74) is 4.01. The lowest BCUT2D eigenvalue weighted by Gasteiger charge is -2.54. The molecule has 0 unspecified atom stereocenters. The molecule has 0 atom stereocenters. The normalized spacial score (nSPS) is 24.2. The quantitative estimate of drug-likeness (QED) is 0.736. The number of hydrogen-bond acceptors (Lipinski definition) is 3. The number of hydrogen-bond donors (Lipinski definition) is 0. The molecule has 0 aliphatic heterocycles. The van der Waals surface area contributed by atoms with Crippen LogP contribution >= 0.6 is 0 Å². The molecule has 0 heterocycles. The van der Waals surface area contributed by atoms with E-state index in [9.17, 15) is 9.59 Å². The first-order valence-corrected chi connectivity index (χ1v) is 10.0. The molecule has 4 nitrogen and oxygen atoms in total. The van der Waals surface area contributed by atoms with Crippen LogP contribution in [0.1, 0.15) is 61.8 Å². The minimum atomic E-state index is -0.684. The Kier molecular flexibility index (Phi) is 4.53. The Morgan fingerprint density at radius 3 is 1.96 bits per heavy atom. The third kappa shape index (κ3) is 2.66. The van der Waals surface area contributed by atoms with Gasteiger partial charge in [0.2, 0.25) is 5.91 Å². The Labute approximate surface area is 166 Å². The summed E-state index contributed by atoms with van der Waals surface area (Å²) >= 11 is 0. The summed E-state index contributed by atoms with van der Waals surface area (Å²) in [7, 11) is 1.86. The van der Waals surface area contributed by atoms with Gasteiger partial charge in [0.25, 0.3) is 0 Å². The van der Waals surface area contributed by atoms with Gasteiger partial charge in [0.05, 0.1) is 0 Å². The molecule has 4 heteroatoms. The lowest BCUT2D eigenvalue weighted by atomic mass is 9.52. The van der Waals surface area contributed by atoms with E-state index in [1.54, 1.807) is 11.8 Å². The molecule has 0 radical (unpaired) electrons. The van der Waals surface area contributed by atoms with E-state index in [0.717, 1.165) is 43.4 Å². The zero-order chi connectivity index (χ0) is 19.9. The van der Waals surface area contributed by atoms with Gasteiger partial charge in [-0.05, 0) is 36.8 Å². The highest BCUT2D eigenvalue weighted by atomic mass is 16.6. The van der Waals surface area contributed by atoms with Crippen LogP contribution in [0.3, 0.4) is 0 Å². The van der Waals surface area contributed by atoms with E-state index in [1.165, 1.54) is 18.1 Å². The summed E-state index contributed by atoms with van der Waals surface area (Å²) in [6.45, 7) is 3.85. The third-order valence-electron chi connectivity index (χ3n) is 6.61. The van der Waals surface area contributed by atoms with Gasteiger partial charge in [0, 0.05) is 44.0 Å². The van der Waals surface area contributed by atoms with Crippen LogP contribution in [0.5, 0.6) is 0 Å². The van der Waals surface area contributed by atoms with Gasteiger partial charge >= 0.3 is 5.97 Å². The SMILES string of the molecule is CC(=O)OC12CCC(CCCN(C)C(C)=O)(c3ccccc31)c1ccccc12. The standard InChI is InChI=1S/C24H27NO3/c1-17(26)25(3)16-8-13-23-14-15-24(28-18(2)27,21-11-6-4-9-19(21)23)22-12-7-5-10-20(22)23/h4-7,9-12H,8,13-16H2,1-3H3. The Bertz CT molecular complexity index is 885. The van der Waals surface area contributed by atoms with Gasteiger partial charge in [0.15, 0.2) is 5.60 Å². The molecule has 2 aromatic rings. The third-order valence-corrected chi connectivity index (χ3v) is 6.61. The van der Waals surface area contributed by atoms with E-state index >= 15 is 0 Å². The Morgan fingerprint density at radius 2 is 1.46 bits per heavy atom. The van der Waals surface area contributed by atoms with Crippen molar-refractivity contribution in [2.24, 2.45) is 0 Å². The number of nitrogens with zero attached hydrogens (tertiary/aromatic N) is 1.